The number of hydrogen-bond donors (Lipinski definition) is 2. The van der Waals surface area contributed by atoms with Crippen LogP contribution in [0.15, 0.2) is 71.8 Å². The summed E-state index contributed by atoms with van der Waals surface area (Å²) in [6.07, 6.45) is 1.55. The van der Waals surface area contributed by atoms with Crippen LogP contribution in [0.3, 0.4) is 0 Å². The Hall–Kier alpha value is -3.06. The molecule has 0 saturated carbocycles. The van der Waals surface area contributed by atoms with E-state index in [2.05, 4.69) is 9.82 Å². The molecule has 4 aromatic rings. The van der Waals surface area contributed by atoms with Gasteiger partial charge in [-0.2, -0.15) is 8.42 Å². The molecule has 2 aromatic heterocycles. The highest BCUT2D eigenvalue weighted by molar-refractivity contribution is 7.92. The molecule has 6 nitrogen and oxygen atoms in total. The molecule has 0 amide bonds. The van der Waals surface area contributed by atoms with Crippen molar-refractivity contribution >= 4 is 31.8 Å². The molecule has 120 valence electrons. The minimum absolute atomic E-state index is 0.0535. The van der Waals surface area contributed by atoms with Gasteiger partial charge in [0.15, 0.2) is 0 Å². The quantitative estimate of drug-likeness (QED) is 0.601. The van der Waals surface area contributed by atoms with E-state index in [0.29, 0.717) is 11.0 Å². The third-order valence-corrected chi connectivity index (χ3v) is 5.12. The molecule has 24 heavy (non-hydrogen) atoms. The summed E-state index contributed by atoms with van der Waals surface area (Å²) in [6.45, 7) is 0. The summed E-state index contributed by atoms with van der Waals surface area (Å²) in [4.78, 5) is 6.64. The Morgan fingerprint density at radius 3 is 2.58 bits per heavy atom. The molecule has 0 aliphatic rings. The van der Waals surface area contributed by atoms with E-state index >= 15 is 0 Å². The lowest BCUT2D eigenvalue weighted by Gasteiger charge is -2.12. The maximum absolute atomic E-state index is 12.8. The molecule has 4 rings (SSSR count). The monoisotopic (exact) mass is 339 g/mol. The SMILES string of the molecule is O=S(=O)(Nn1c(O)cc2ccccc21)c1cccc2cccnc12. The fraction of sp³-hybridized carbons (Fsp3) is 0. The van der Waals surface area contributed by atoms with Gasteiger partial charge < -0.3 is 5.11 Å². The summed E-state index contributed by atoms with van der Waals surface area (Å²) in [5.74, 6) is -0.187. The van der Waals surface area contributed by atoms with Crippen LogP contribution < -0.4 is 4.83 Å². The largest absolute Gasteiger partial charge is 0.493 e. The Labute approximate surface area is 138 Å². The molecule has 7 heteroatoms. The number of sulfonamides is 1. The van der Waals surface area contributed by atoms with Crippen LogP contribution in [-0.2, 0) is 10.0 Å². The van der Waals surface area contributed by atoms with Crippen molar-refractivity contribution in [3.05, 3.63) is 66.9 Å². The fourth-order valence-electron chi connectivity index (χ4n) is 2.70. The van der Waals surface area contributed by atoms with E-state index in [1.165, 1.54) is 12.1 Å². The molecule has 0 unspecified atom stereocenters. The first-order chi connectivity index (χ1) is 11.6. The van der Waals surface area contributed by atoms with Crippen LogP contribution in [0.1, 0.15) is 0 Å². The van der Waals surface area contributed by atoms with Gasteiger partial charge in [-0.05, 0) is 18.2 Å². The van der Waals surface area contributed by atoms with Gasteiger partial charge in [-0.25, -0.2) is 9.51 Å². The van der Waals surface area contributed by atoms with Crippen molar-refractivity contribution in [1.82, 2.24) is 9.66 Å². The number of para-hydroxylation sites is 2. The van der Waals surface area contributed by atoms with Gasteiger partial charge in [0.1, 0.15) is 4.90 Å². The van der Waals surface area contributed by atoms with E-state index < -0.39 is 10.0 Å². The van der Waals surface area contributed by atoms with Crippen molar-refractivity contribution in [3.63, 3.8) is 0 Å². The lowest BCUT2D eigenvalue weighted by Crippen LogP contribution is -2.23. The predicted molar refractivity (Wildman–Crippen MR) is 91.9 cm³/mol. The van der Waals surface area contributed by atoms with Crippen molar-refractivity contribution in [1.29, 1.82) is 0 Å². The highest BCUT2D eigenvalue weighted by atomic mass is 32.2. The Morgan fingerprint density at radius 2 is 1.71 bits per heavy atom. The van der Waals surface area contributed by atoms with Gasteiger partial charge in [0.25, 0.3) is 10.0 Å². The number of fused-ring (bicyclic) bond motifs is 2. The maximum atomic E-state index is 12.8. The molecule has 0 radical (unpaired) electrons. The summed E-state index contributed by atoms with van der Waals surface area (Å²) in [5, 5.41) is 11.5. The zero-order chi connectivity index (χ0) is 16.7. The number of nitrogens with zero attached hydrogens (tertiary/aromatic N) is 2. The van der Waals surface area contributed by atoms with Crippen LogP contribution in [0.5, 0.6) is 5.88 Å². The lowest BCUT2D eigenvalue weighted by atomic mass is 10.2. The normalized spacial score (nSPS) is 11.8. The first kappa shape index (κ1) is 14.5. The third-order valence-electron chi connectivity index (χ3n) is 3.79. The van der Waals surface area contributed by atoms with Gasteiger partial charge in [0.2, 0.25) is 5.88 Å². The van der Waals surface area contributed by atoms with Crippen LogP contribution in [0.4, 0.5) is 0 Å². The van der Waals surface area contributed by atoms with E-state index in [0.717, 1.165) is 15.4 Å². The number of rotatable bonds is 3. The minimum atomic E-state index is -3.93. The average Bonchev–Trinajstić information content (AvgIpc) is 2.90. The Balaban J connectivity index is 1.87. The second kappa shape index (κ2) is 5.24. The van der Waals surface area contributed by atoms with Crippen LogP contribution in [-0.4, -0.2) is 23.2 Å². The Bertz CT molecular complexity index is 1160. The summed E-state index contributed by atoms with van der Waals surface area (Å²) < 4.78 is 26.8. The third kappa shape index (κ3) is 2.26. The van der Waals surface area contributed by atoms with Gasteiger partial charge in [0.05, 0.1) is 11.0 Å². The summed E-state index contributed by atoms with van der Waals surface area (Å²) in [6, 6.07) is 17.1. The molecule has 2 N–H and O–H groups in total. The van der Waals surface area contributed by atoms with Crippen LogP contribution in [0.2, 0.25) is 0 Å². The van der Waals surface area contributed by atoms with Gasteiger partial charge in [-0.1, -0.05) is 36.4 Å². The smallest absolute Gasteiger partial charge is 0.277 e. The molecule has 0 fully saturated rings. The highest BCUT2D eigenvalue weighted by Crippen LogP contribution is 2.26. The summed E-state index contributed by atoms with van der Waals surface area (Å²) in [5.41, 5.74) is 0.940. The number of pyridine rings is 1. The van der Waals surface area contributed by atoms with E-state index in [9.17, 15) is 13.5 Å². The van der Waals surface area contributed by atoms with Crippen LogP contribution in [0.25, 0.3) is 21.8 Å². The molecule has 0 bridgehead atoms. The standard InChI is InChI=1S/C17H13N3O3S/c21-16-11-13-5-1-2-8-14(13)20(16)19-24(22,23)15-9-3-6-12-7-4-10-18-17(12)15/h1-11,19,21H. The van der Waals surface area contributed by atoms with E-state index in [4.69, 9.17) is 0 Å². The van der Waals surface area contributed by atoms with Crippen molar-refractivity contribution in [2.45, 2.75) is 4.90 Å². The van der Waals surface area contributed by atoms with E-state index in [-0.39, 0.29) is 10.8 Å². The fourth-order valence-corrected chi connectivity index (χ4v) is 3.91. The van der Waals surface area contributed by atoms with E-state index in [1.807, 2.05) is 6.07 Å². The predicted octanol–water partition coefficient (Wildman–Crippen LogP) is 2.83. The topological polar surface area (TPSA) is 84.2 Å². The van der Waals surface area contributed by atoms with Crippen molar-refractivity contribution in [3.8, 4) is 5.88 Å². The van der Waals surface area contributed by atoms with Gasteiger partial charge in [-0.15, -0.1) is 0 Å². The molecular weight excluding hydrogens is 326 g/mol. The zero-order valence-corrected chi connectivity index (χ0v) is 13.2. The molecule has 0 atom stereocenters. The molecule has 0 aliphatic carbocycles. The van der Waals surface area contributed by atoms with Crippen molar-refractivity contribution < 1.29 is 13.5 Å². The minimum Gasteiger partial charge on any atom is -0.493 e. The Morgan fingerprint density at radius 1 is 0.958 bits per heavy atom. The highest BCUT2D eigenvalue weighted by Gasteiger charge is 2.20. The molecule has 2 aromatic carbocycles. The first-order valence-corrected chi connectivity index (χ1v) is 8.71. The Kier molecular flexibility index (Phi) is 3.17. The first-order valence-electron chi connectivity index (χ1n) is 7.22. The van der Waals surface area contributed by atoms with Crippen LogP contribution >= 0.6 is 0 Å². The number of aromatic hydroxyl groups is 1. The average molecular weight is 339 g/mol. The van der Waals surface area contributed by atoms with Gasteiger partial charge in [0, 0.05) is 23.0 Å². The second-order valence-corrected chi connectivity index (χ2v) is 6.95. The van der Waals surface area contributed by atoms with Gasteiger partial charge >= 0.3 is 0 Å². The van der Waals surface area contributed by atoms with Crippen molar-refractivity contribution in [2.75, 3.05) is 4.83 Å². The lowest BCUT2D eigenvalue weighted by molar-refractivity contribution is 0.439. The molecule has 0 aliphatic heterocycles. The number of benzene rings is 2. The van der Waals surface area contributed by atoms with Gasteiger partial charge in [-0.3, -0.25) is 4.98 Å². The number of hydrogen-bond acceptors (Lipinski definition) is 4. The number of nitrogens with one attached hydrogen (secondary N) is 1. The number of aromatic nitrogens is 2. The zero-order valence-electron chi connectivity index (χ0n) is 12.4. The second-order valence-electron chi connectivity index (χ2n) is 5.32. The summed E-state index contributed by atoms with van der Waals surface area (Å²) >= 11 is 0. The van der Waals surface area contributed by atoms with Crippen molar-refractivity contribution in [2.24, 2.45) is 0 Å². The van der Waals surface area contributed by atoms with Crippen LogP contribution in [0, 0.1) is 0 Å². The molecule has 0 spiro atoms. The molecule has 0 saturated heterocycles. The maximum Gasteiger partial charge on any atom is 0.277 e. The summed E-state index contributed by atoms with van der Waals surface area (Å²) in [7, 11) is -3.93. The molecular formula is C17H13N3O3S. The molecule has 2 heterocycles. The van der Waals surface area contributed by atoms with E-state index in [1.54, 1.807) is 48.7 Å².